The van der Waals surface area contributed by atoms with E-state index < -0.39 is 0 Å². The van der Waals surface area contributed by atoms with Crippen LogP contribution in [0.15, 0.2) is 48.5 Å². The molecule has 1 aliphatic carbocycles. The second-order valence-electron chi connectivity index (χ2n) is 6.09. The number of methoxy groups -OCH3 is 1. The van der Waals surface area contributed by atoms with Crippen LogP contribution in [0.25, 0.3) is 10.9 Å². The zero-order valence-electron chi connectivity index (χ0n) is 13.0. The Hall–Kier alpha value is -2.22. The third-order valence-electron chi connectivity index (χ3n) is 4.77. The number of aromatic nitrogens is 1. The van der Waals surface area contributed by atoms with Crippen LogP contribution in [0.3, 0.4) is 0 Å². The van der Waals surface area contributed by atoms with Gasteiger partial charge in [0.05, 0.1) is 12.6 Å². The molecule has 1 heterocycles. The lowest BCUT2D eigenvalue weighted by molar-refractivity contribution is 0.415. The van der Waals surface area contributed by atoms with Gasteiger partial charge in [-0.15, -0.1) is 0 Å². The topological polar surface area (TPSA) is 14.2 Å². The molecule has 2 heteroatoms. The molecule has 1 aliphatic rings. The van der Waals surface area contributed by atoms with Crippen LogP contribution >= 0.6 is 0 Å². The van der Waals surface area contributed by atoms with Gasteiger partial charge in [-0.3, -0.25) is 0 Å². The molecule has 1 aromatic heterocycles. The van der Waals surface area contributed by atoms with Crippen molar-refractivity contribution in [3.05, 3.63) is 65.4 Å². The van der Waals surface area contributed by atoms with Gasteiger partial charge in [0.2, 0.25) is 0 Å². The van der Waals surface area contributed by atoms with Crippen LogP contribution in [0.5, 0.6) is 5.75 Å². The standard InChI is InChI=1S/C20H21NO/c1-22-16-11-12-18-17-9-5-6-10-19(17)21(20(18)13-16)14-15-7-3-2-4-8-15/h2-4,7-8,11-13H,5-6,9-10,14H2,1H3. The van der Waals surface area contributed by atoms with Gasteiger partial charge in [-0.2, -0.15) is 0 Å². The average Bonchev–Trinajstić information content (AvgIpc) is 2.89. The lowest BCUT2D eigenvalue weighted by Gasteiger charge is -2.16. The molecule has 112 valence electrons. The largest absolute Gasteiger partial charge is 0.497 e. The second-order valence-corrected chi connectivity index (χ2v) is 6.09. The third kappa shape index (κ3) is 2.19. The van der Waals surface area contributed by atoms with Crippen molar-refractivity contribution in [1.29, 1.82) is 0 Å². The van der Waals surface area contributed by atoms with Crippen molar-refractivity contribution in [2.24, 2.45) is 0 Å². The summed E-state index contributed by atoms with van der Waals surface area (Å²) in [6, 6.07) is 17.3. The van der Waals surface area contributed by atoms with Gasteiger partial charge in [-0.25, -0.2) is 0 Å². The lowest BCUT2D eigenvalue weighted by Crippen LogP contribution is -2.09. The maximum atomic E-state index is 5.45. The van der Waals surface area contributed by atoms with Crippen LogP contribution in [-0.4, -0.2) is 11.7 Å². The van der Waals surface area contributed by atoms with Crippen LogP contribution in [0.1, 0.15) is 29.7 Å². The van der Waals surface area contributed by atoms with Gasteiger partial charge in [0.15, 0.2) is 0 Å². The highest BCUT2D eigenvalue weighted by Crippen LogP contribution is 2.34. The van der Waals surface area contributed by atoms with E-state index in [-0.39, 0.29) is 0 Å². The van der Waals surface area contributed by atoms with Crippen molar-refractivity contribution in [2.75, 3.05) is 7.11 Å². The lowest BCUT2D eigenvalue weighted by atomic mass is 9.95. The fourth-order valence-electron chi connectivity index (χ4n) is 3.69. The Bertz CT molecular complexity index is 801. The highest BCUT2D eigenvalue weighted by molar-refractivity contribution is 5.87. The quantitative estimate of drug-likeness (QED) is 0.689. The van der Waals surface area contributed by atoms with Crippen molar-refractivity contribution >= 4 is 10.9 Å². The first kappa shape index (κ1) is 13.4. The Balaban J connectivity index is 1.90. The molecule has 0 spiro atoms. The number of benzene rings is 2. The fraction of sp³-hybridized carbons (Fsp3) is 0.300. The minimum absolute atomic E-state index is 0.941. The van der Waals surface area contributed by atoms with Gasteiger partial charge in [0.1, 0.15) is 5.75 Å². The highest BCUT2D eigenvalue weighted by Gasteiger charge is 2.20. The first-order chi connectivity index (χ1) is 10.9. The molecule has 0 saturated heterocycles. The normalized spacial score (nSPS) is 14.0. The number of nitrogens with zero attached hydrogens (tertiary/aromatic N) is 1. The zero-order valence-corrected chi connectivity index (χ0v) is 13.0. The van der Waals surface area contributed by atoms with Crippen LogP contribution in [0.4, 0.5) is 0 Å². The summed E-state index contributed by atoms with van der Waals surface area (Å²) in [5, 5.41) is 1.41. The Morgan fingerprint density at radius 1 is 1.00 bits per heavy atom. The second kappa shape index (κ2) is 5.53. The van der Waals surface area contributed by atoms with E-state index in [9.17, 15) is 0 Å². The molecule has 0 aliphatic heterocycles. The number of aryl methyl sites for hydroxylation is 1. The molecule has 0 fully saturated rings. The molecule has 2 nitrogen and oxygen atoms in total. The summed E-state index contributed by atoms with van der Waals surface area (Å²) in [6.45, 7) is 0.944. The van der Waals surface area contributed by atoms with Gasteiger partial charge in [0.25, 0.3) is 0 Å². The van der Waals surface area contributed by atoms with Gasteiger partial charge < -0.3 is 9.30 Å². The predicted molar refractivity (Wildman–Crippen MR) is 90.7 cm³/mol. The van der Waals surface area contributed by atoms with E-state index in [1.165, 1.54) is 47.8 Å². The summed E-state index contributed by atoms with van der Waals surface area (Å²) in [5.74, 6) is 0.941. The van der Waals surface area contributed by atoms with Gasteiger partial charge in [-0.1, -0.05) is 30.3 Å². The Morgan fingerprint density at radius 2 is 1.82 bits per heavy atom. The molecule has 3 aromatic rings. The van der Waals surface area contributed by atoms with Gasteiger partial charge in [0, 0.05) is 23.7 Å². The minimum Gasteiger partial charge on any atom is -0.497 e. The molecular weight excluding hydrogens is 270 g/mol. The molecule has 22 heavy (non-hydrogen) atoms. The number of hydrogen-bond donors (Lipinski definition) is 0. The molecule has 2 aromatic carbocycles. The number of rotatable bonds is 3. The highest BCUT2D eigenvalue weighted by atomic mass is 16.5. The van der Waals surface area contributed by atoms with Gasteiger partial charge in [-0.05, 0) is 48.9 Å². The SMILES string of the molecule is COc1ccc2c3c(n(Cc4ccccc4)c2c1)CCCC3. The summed E-state index contributed by atoms with van der Waals surface area (Å²) in [4.78, 5) is 0. The van der Waals surface area contributed by atoms with E-state index in [1.54, 1.807) is 12.7 Å². The Labute approximate surface area is 131 Å². The predicted octanol–water partition coefficient (Wildman–Crippen LogP) is 4.58. The number of hydrogen-bond acceptors (Lipinski definition) is 1. The molecule has 0 bridgehead atoms. The van der Waals surface area contributed by atoms with Crippen LogP contribution in [0, 0.1) is 0 Å². The van der Waals surface area contributed by atoms with Crippen LogP contribution < -0.4 is 4.74 Å². The Morgan fingerprint density at radius 3 is 2.64 bits per heavy atom. The Kier molecular flexibility index (Phi) is 3.38. The van der Waals surface area contributed by atoms with E-state index in [0.717, 1.165) is 12.3 Å². The molecule has 0 N–H and O–H groups in total. The monoisotopic (exact) mass is 291 g/mol. The fourth-order valence-corrected chi connectivity index (χ4v) is 3.69. The zero-order chi connectivity index (χ0) is 14.9. The summed E-state index contributed by atoms with van der Waals surface area (Å²) in [7, 11) is 1.74. The van der Waals surface area contributed by atoms with Crippen molar-refractivity contribution < 1.29 is 4.74 Å². The van der Waals surface area contributed by atoms with E-state index >= 15 is 0 Å². The van der Waals surface area contributed by atoms with Crippen LogP contribution in [0.2, 0.25) is 0 Å². The molecular formula is C20H21NO. The first-order valence-corrected chi connectivity index (χ1v) is 8.09. The first-order valence-electron chi connectivity index (χ1n) is 8.09. The van der Waals surface area contributed by atoms with Crippen molar-refractivity contribution in [2.45, 2.75) is 32.2 Å². The third-order valence-corrected chi connectivity index (χ3v) is 4.77. The maximum absolute atomic E-state index is 5.45. The molecule has 0 amide bonds. The molecule has 0 saturated carbocycles. The number of ether oxygens (including phenoxy) is 1. The van der Waals surface area contributed by atoms with Crippen molar-refractivity contribution in [3.8, 4) is 5.75 Å². The van der Waals surface area contributed by atoms with Gasteiger partial charge >= 0.3 is 0 Å². The molecule has 0 radical (unpaired) electrons. The smallest absolute Gasteiger partial charge is 0.120 e. The maximum Gasteiger partial charge on any atom is 0.120 e. The summed E-state index contributed by atoms with van der Waals surface area (Å²) < 4.78 is 7.95. The van der Waals surface area contributed by atoms with Crippen molar-refractivity contribution in [1.82, 2.24) is 4.57 Å². The van der Waals surface area contributed by atoms with Crippen molar-refractivity contribution in [3.63, 3.8) is 0 Å². The van der Waals surface area contributed by atoms with E-state index in [2.05, 4.69) is 53.1 Å². The summed E-state index contributed by atoms with van der Waals surface area (Å²) in [5.41, 5.74) is 5.75. The molecule has 4 rings (SSSR count). The average molecular weight is 291 g/mol. The van der Waals surface area contributed by atoms with E-state index in [0.29, 0.717) is 0 Å². The summed E-state index contributed by atoms with van der Waals surface area (Å²) in [6.07, 6.45) is 5.01. The minimum atomic E-state index is 0.941. The van der Waals surface area contributed by atoms with E-state index in [4.69, 9.17) is 4.74 Å². The summed E-state index contributed by atoms with van der Waals surface area (Å²) >= 11 is 0. The molecule has 0 atom stereocenters. The number of fused-ring (bicyclic) bond motifs is 3. The van der Waals surface area contributed by atoms with E-state index in [1.807, 2.05) is 0 Å². The van der Waals surface area contributed by atoms with Crippen LogP contribution in [-0.2, 0) is 19.4 Å². The molecule has 0 unspecified atom stereocenters.